The summed E-state index contributed by atoms with van der Waals surface area (Å²) in [6, 6.07) is 0. The van der Waals surface area contributed by atoms with Gasteiger partial charge in [0.25, 0.3) is 11.8 Å². The van der Waals surface area contributed by atoms with Gasteiger partial charge in [-0.2, -0.15) is 0 Å². The SMILES string of the molecule is CC.CC.CC.CC.CC(=O)CCN1C(=O)C=CC1=O. The largest absolute Gasteiger partial charge is 0.300 e. The third kappa shape index (κ3) is 14.6. The van der Waals surface area contributed by atoms with Crippen LogP contribution in [0.25, 0.3) is 0 Å². The van der Waals surface area contributed by atoms with E-state index in [1.807, 2.05) is 55.4 Å². The van der Waals surface area contributed by atoms with Crippen LogP contribution in [0.15, 0.2) is 12.2 Å². The fourth-order valence-corrected chi connectivity index (χ4v) is 0.921. The van der Waals surface area contributed by atoms with Crippen molar-refractivity contribution in [1.82, 2.24) is 4.90 Å². The molecule has 0 atom stereocenters. The van der Waals surface area contributed by atoms with E-state index in [0.29, 0.717) is 0 Å². The molecule has 1 heterocycles. The van der Waals surface area contributed by atoms with Gasteiger partial charge in [0.05, 0.1) is 0 Å². The Labute approximate surface area is 125 Å². The summed E-state index contributed by atoms with van der Waals surface area (Å²) in [5.41, 5.74) is 0. The molecule has 0 aromatic carbocycles. The molecule has 2 amide bonds. The molecule has 1 aliphatic heterocycles. The lowest BCUT2D eigenvalue weighted by molar-refractivity contribution is -0.137. The molecule has 120 valence electrons. The van der Waals surface area contributed by atoms with Crippen LogP contribution in [0, 0.1) is 0 Å². The number of Topliss-reactive ketones (excluding diaryl/α,β-unsaturated/α-hetero) is 1. The standard InChI is InChI=1S/C8H9NO3.4C2H6/c1-6(10)4-5-9-7(11)2-3-8(9)12;4*1-2/h2-3H,4-5H2,1H3;4*1-2H3. The highest BCUT2D eigenvalue weighted by Gasteiger charge is 2.22. The second-order valence-electron chi connectivity index (χ2n) is 2.61. The zero-order valence-corrected chi connectivity index (χ0v) is 14.7. The van der Waals surface area contributed by atoms with Gasteiger partial charge in [0, 0.05) is 25.1 Å². The first-order valence-corrected chi connectivity index (χ1v) is 7.64. The van der Waals surface area contributed by atoms with Crippen molar-refractivity contribution < 1.29 is 14.4 Å². The van der Waals surface area contributed by atoms with Crippen molar-refractivity contribution in [3.63, 3.8) is 0 Å². The van der Waals surface area contributed by atoms with E-state index in [1.54, 1.807) is 0 Å². The van der Waals surface area contributed by atoms with Crippen LogP contribution in [0.2, 0.25) is 0 Å². The average molecular weight is 287 g/mol. The molecule has 4 heteroatoms. The monoisotopic (exact) mass is 287 g/mol. The summed E-state index contributed by atoms with van der Waals surface area (Å²) in [5.74, 6) is -0.690. The summed E-state index contributed by atoms with van der Waals surface area (Å²) in [7, 11) is 0. The lowest BCUT2D eigenvalue weighted by Crippen LogP contribution is -2.31. The molecule has 1 aliphatic rings. The number of hydrogen-bond acceptors (Lipinski definition) is 3. The van der Waals surface area contributed by atoms with E-state index >= 15 is 0 Å². The molecule has 4 nitrogen and oxygen atoms in total. The molecule has 0 aromatic heterocycles. The van der Waals surface area contributed by atoms with Gasteiger partial charge in [-0.05, 0) is 6.92 Å². The minimum atomic E-state index is -0.332. The average Bonchev–Trinajstić information content (AvgIpc) is 2.84. The molecular formula is C16H33NO3. The third-order valence-electron chi connectivity index (χ3n) is 1.59. The van der Waals surface area contributed by atoms with Crippen LogP contribution >= 0.6 is 0 Å². The molecule has 0 saturated heterocycles. The molecule has 0 spiro atoms. The highest BCUT2D eigenvalue weighted by molar-refractivity contribution is 6.13. The number of rotatable bonds is 3. The summed E-state index contributed by atoms with van der Waals surface area (Å²) in [5, 5.41) is 0. The summed E-state index contributed by atoms with van der Waals surface area (Å²) in [6.45, 7) is 17.6. The molecule has 0 saturated carbocycles. The van der Waals surface area contributed by atoms with E-state index in [1.165, 1.54) is 19.1 Å². The van der Waals surface area contributed by atoms with Crippen LogP contribution in [-0.2, 0) is 14.4 Å². The number of ketones is 1. The normalized spacial score (nSPS) is 10.8. The van der Waals surface area contributed by atoms with E-state index in [0.717, 1.165) is 4.90 Å². The van der Waals surface area contributed by atoms with E-state index in [4.69, 9.17) is 0 Å². The first kappa shape index (κ1) is 27.0. The van der Waals surface area contributed by atoms with Crippen molar-refractivity contribution in [3.8, 4) is 0 Å². The maximum absolute atomic E-state index is 10.9. The van der Waals surface area contributed by atoms with E-state index < -0.39 is 0 Å². The first-order valence-electron chi connectivity index (χ1n) is 7.64. The Morgan fingerprint density at radius 2 is 1.15 bits per heavy atom. The predicted molar refractivity (Wildman–Crippen MR) is 86.6 cm³/mol. The summed E-state index contributed by atoms with van der Waals surface area (Å²) < 4.78 is 0. The van der Waals surface area contributed by atoms with Gasteiger partial charge in [-0.3, -0.25) is 19.3 Å². The molecule has 0 aromatic rings. The zero-order chi connectivity index (χ0) is 17.1. The van der Waals surface area contributed by atoms with Gasteiger partial charge in [0.15, 0.2) is 0 Å². The molecule has 0 unspecified atom stereocenters. The summed E-state index contributed by atoms with van der Waals surface area (Å²) >= 11 is 0. The maximum Gasteiger partial charge on any atom is 0.253 e. The Bertz CT molecular complexity index is 253. The number of hydrogen-bond donors (Lipinski definition) is 0. The van der Waals surface area contributed by atoms with Crippen LogP contribution in [-0.4, -0.2) is 29.0 Å². The Hall–Kier alpha value is -1.45. The van der Waals surface area contributed by atoms with Crippen molar-refractivity contribution in [2.45, 2.75) is 68.7 Å². The topological polar surface area (TPSA) is 54.5 Å². The van der Waals surface area contributed by atoms with Gasteiger partial charge in [-0.25, -0.2) is 0 Å². The van der Waals surface area contributed by atoms with Crippen molar-refractivity contribution >= 4 is 17.6 Å². The quantitative estimate of drug-likeness (QED) is 0.737. The van der Waals surface area contributed by atoms with E-state index in [-0.39, 0.29) is 30.6 Å². The van der Waals surface area contributed by atoms with E-state index in [2.05, 4.69) is 0 Å². The minimum absolute atomic E-state index is 0.0255. The lowest BCUT2D eigenvalue weighted by atomic mass is 10.3. The van der Waals surface area contributed by atoms with Crippen LogP contribution < -0.4 is 0 Å². The fourth-order valence-electron chi connectivity index (χ4n) is 0.921. The van der Waals surface area contributed by atoms with Crippen LogP contribution in [0.1, 0.15) is 68.7 Å². The van der Waals surface area contributed by atoms with Gasteiger partial charge in [0.2, 0.25) is 0 Å². The first-order chi connectivity index (χ1) is 9.61. The number of carbonyl (C=O) groups excluding carboxylic acids is 3. The van der Waals surface area contributed by atoms with Gasteiger partial charge in [0.1, 0.15) is 5.78 Å². The number of imide groups is 1. The summed E-state index contributed by atoms with van der Waals surface area (Å²) in [4.78, 5) is 33.4. The highest BCUT2D eigenvalue weighted by atomic mass is 16.2. The van der Waals surface area contributed by atoms with Crippen molar-refractivity contribution in [2.24, 2.45) is 0 Å². The molecule has 0 radical (unpaired) electrons. The zero-order valence-electron chi connectivity index (χ0n) is 14.7. The van der Waals surface area contributed by atoms with Gasteiger partial charge >= 0.3 is 0 Å². The van der Waals surface area contributed by atoms with E-state index in [9.17, 15) is 14.4 Å². The number of nitrogens with zero attached hydrogens (tertiary/aromatic N) is 1. The smallest absolute Gasteiger partial charge is 0.253 e. The summed E-state index contributed by atoms with van der Waals surface area (Å²) in [6.07, 6.45) is 2.66. The fraction of sp³-hybridized carbons (Fsp3) is 0.688. The lowest BCUT2D eigenvalue weighted by Gasteiger charge is -2.11. The van der Waals surface area contributed by atoms with Crippen molar-refractivity contribution in [3.05, 3.63) is 12.2 Å². The number of amides is 2. The second-order valence-corrected chi connectivity index (χ2v) is 2.61. The predicted octanol–water partition coefficient (Wildman–Crippen LogP) is 4.00. The van der Waals surface area contributed by atoms with Gasteiger partial charge < -0.3 is 0 Å². The molecule has 0 fully saturated rings. The molecule has 1 rings (SSSR count). The molecule has 0 N–H and O–H groups in total. The van der Waals surface area contributed by atoms with Crippen LogP contribution in [0.5, 0.6) is 0 Å². The molecule has 0 bridgehead atoms. The van der Waals surface area contributed by atoms with Gasteiger partial charge in [-0.15, -0.1) is 0 Å². The van der Waals surface area contributed by atoms with Crippen LogP contribution in [0.4, 0.5) is 0 Å². The molecular weight excluding hydrogens is 254 g/mol. The Balaban J connectivity index is -0.000000138. The maximum atomic E-state index is 10.9. The highest BCUT2D eigenvalue weighted by Crippen LogP contribution is 2.03. The second kappa shape index (κ2) is 22.7. The Morgan fingerprint density at radius 3 is 1.40 bits per heavy atom. The third-order valence-corrected chi connectivity index (χ3v) is 1.59. The Kier molecular flexibility index (Phi) is 30.6. The molecule has 0 aliphatic carbocycles. The minimum Gasteiger partial charge on any atom is -0.300 e. The van der Waals surface area contributed by atoms with Crippen molar-refractivity contribution in [1.29, 1.82) is 0 Å². The molecule has 20 heavy (non-hydrogen) atoms. The van der Waals surface area contributed by atoms with Crippen LogP contribution in [0.3, 0.4) is 0 Å². The van der Waals surface area contributed by atoms with Gasteiger partial charge in [-0.1, -0.05) is 55.4 Å². The Morgan fingerprint density at radius 1 is 0.850 bits per heavy atom. The number of carbonyl (C=O) groups is 3. The van der Waals surface area contributed by atoms with Crippen molar-refractivity contribution in [2.75, 3.05) is 6.54 Å².